The SMILES string of the molecule is O=C(NCCNS(=O)(=O)c1ccccc1C(F)(F)F)c1ccc(NC(=O)C2CC2)cc1. The van der Waals surface area contributed by atoms with Gasteiger partial charge in [-0.1, -0.05) is 12.1 Å². The van der Waals surface area contributed by atoms with Gasteiger partial charge >= 0.3 is 6.18 Å². The van der Waals surface area contributed by atoms with Crippen LogP contribution >= 0.6 is 0 Å². The summed E-state index contributed by atoms with van der Waals surface area (Å²) in [6.45, 7) is -0.428. The van der Waals surface area contributed by atoms with Crippen LogP contribution in [0.2, 0.25) is 0 Å². The molecule has 0 bridgehead atoms. The third-order valence-corrected chi connectivity index (χ3v) is 6.07. The van der Waals surface area contributed by atoms with Crippen LogP contribution in [-0.4, -0.2) is 33.3 Å². The molecule has 11 heteroatoms. The lowest BCUT2D eigenvalue weighted by molar-refractivity contribution is -0.139. The Bertz CT molecular complexity index is 1070. The highest BCUT2D eigenvalue weighted by molar-refractivity contribution is 7.89. The van der Waals surface area contributed by atoms with E-state index in [9.17, 15) is 31.2 Å². The Morgan fingerprint density at radius 3 is 2.23 bits per heavy atom. The van der Waals surface area contributed by atoms with E-state index in [1.54, 1.807) is 12.1 Å². The van der Waals surface area contributed by atoms with Crippen molar-refractivity contribution in [3.63, 3.8) is 0 Å². The lowest BCUT2D eigenvalue weighted by Crippen LogP contribution is -2.35. The molecule has 0 atom stereocenters. The van der Waals surface area contributed by atoms with Crippen molar-refractivity contribution in [3.05, 3.63) is 59.7 Å². The number of rotatable bonds is 8. The van der Waals surface area contributed by atoms with E-state index >= 15 is 0 Å². The van der Waals surface area contributed by atoms with E-state index in [0.29, 0.717) is 11.8 Å². The molecule has 7 nitrogen and oxygen atoms in total. The van der Waals surface area contributed by atoms with Crippen LogP contribution in [0.4, 0.5) is 18.9 Å². The molecule has 0 radical (unpaired) electrons. The summed E-state index contributed by atoms with van der Waals surface area (Å²) in [5.74, 6) is -0.499. The van der Waals surface area contributed by atoms with Gasteiger partial charge in [-0.15, -0.1) is 0 Å². The van der Waals surface area contributed by atoms with Gasteiger partial charge in [0, 0.05) is 30.3 Å². The van der Waals surface area contributed by atoms with Crippen molar-refractivity contribution in [2.75, 3.05) is 18.4 Å². The van der Waals surface area contributed by atoms with Crippen molar-refractivity contribution in [2.45, 2.75) is 23.9 Å². The minimum absolute atomic E-state index is 0.0508. The average molecular weight is 455 g/mol. The van der Waals surface area contributed by atoms with E-state index in [-0.39, 0.29) is 30.5 Å². The Morgan fingerprint density at radius 1 is 0.968 bits per heavy atom. The summed E-state index contributed by atoms with van der Waals surface area (Å²) in [6, 6.07) is 10.0. The number of carbonyl (C=O) groups is 2. The second-order valence-corrected chi connectivity index (χ2v) is 8.72. The molecular formula is C20H20F3N3O4S. The van der Waals surface area contributed by atoms with Crippen molar-refractivity contribution < 1.29 is 31.2 Å². The van der Waals surface area contributed by atoms with Crippen LogP contribution in [0, 0.1) is 5.92 Å². The van der Waals surface area contributed by atoms with E-state index in [2.05, 4.69) is 15.4 Å². The summed E-state index contributed by atoms with van der Waals surface area (Å²) < 4.78 is 65.6. The van der Waals surface area contributed by atoms with Crippen molar-refractivity contribution in [1.29, 1.82) is 0 Å². The highest BCUT2D eigenvalue weighted by Crippen LogP contribution is 2.33. The molecule has 1 aliphatic carbocycles. The molecule has 0 aromatic heterocycles. The fourth-order valence-corrected chi connectivity index (χ4v) is 4.03. The molecule has 3 rings (SSSR count). The average Bonchev–Trinajstić information content (AvgIpc) is 3.56. The van der Waals surface area contributed by atoms with Gasteiger partial charge in [-0.25, -0.2) is 13.1 Å². The highest BCUT2D eigenvalue weighted by atomic mass is 32.2. The second kappa shape index (κ2) is 9.06. The lowest BCUT2D eigenvalue weighted by atomic mass is 10.2. The third-order valence-electron chi connectivity index (χ3n) is 4.55. The molecule has 0 saturated heterocycles. The molecule has 0 aliphatic heterocycles. The predicted octanol–water partition coefficient (Wildman–Crippen LogP) is 2.76. The minimum Gasteiger partial charge on any atom is -0.351 e. The zero-order valence-corrected chi connectivity index (χ0v) is 17.0. The molecule has 2 aromatic rings. The predicted molar refractivity (Wildman–Crippen MR) is 107 cm³/mol. The summed E-state index contributed by atoms with van der Waals surface area (Å²) >= 11 is 0. The first-order chi connectivity index (χ1) is 14.6. The van der Waals surface area contributed by atoms with Gasteiger partial charge in [0.15, 0.2) is 0 Å². The number of hydrogen-bond donors (Lipinski definition) is 3. The van der Waals surface area contributed by atoms with Gasteiger partial charge in [-0.3, -0.25) is 9.59 Å². The Labute approximate surface area is 177 Å². The number of amides is 2. The number of nitrogens with one attached hydrogen (secondary N) is 3. The van der Waals surface area contributed by atoms with Crippen LogP contribution in [0.25, 0.3) is 0 Å². The fraction of sp³-hybridized carbons (Fsp3) is 0.300. The molecule has 2 aromatic carbocycles. The van der Waals surface area contributed by atoms with Crippen LogP contribution in [0.5, 0.6) is 0 Å². The van der Waals surface area contributed by atoms with Gasteiger partial charge in [0.25, 0.3) is 5.91 Å². The van der Waals surface area contributed by atoms with Gasteiger partial charge in [0.05, 0.1) is 10.5 Å². The number of alkyl halides is 3. The quantitative estimate of drug-likeness (QED) is 0.533. The largest absolute Gasteiger partial charge is 0.417 e. The Morgan fingerprint density at radius 2 is 1.61 bits per heavy atom. The first-order valence-electron chi connectivity index (χ1n) is 9.43. The lowest BCUT2D eigenvalue weighted by Gasteiger charge is -2.14. The summed E-state index contributed by atoms with van der Waals surface area (Å²) in [4.78, 5) is 23.0. The molecule has 31 heavy (non-hydrogen) atoms. The molecular weight excluding hydrogens is 435 g/mol. The number of carbonyl (C=O) groups excluding carboxylic acids is 2. The van der Waals surface area contributed by atoms with Gasteiger partial charge in [0.1, 0.15) is 0 Å². The van der Waals surface area contributed by atoms with Crippen LogP contribution in [-0.2, 0) is 21.0 Å². The fourth-order valence-electron chi connectivity index (χ4n) is 2.77. The molecule has 1 aliphatic rings. The molecule has 2 amide bonds. The topological polar surface area (TPSA) is 104 Å². The third kappa shape index (κ3) is 6.05. The number of sulfonamides is 1. The van der Waals surface area contributed by atoms with Crippen molar-refractivity contribution in [3.8, 4) is 0 Å². The second-order valence-electron chi connectivity index (χ2n) is 6.99. The van der Waals surface area contributed by atoms with Crippen molar-refractivity contribution in [2.24, 2.45) is 5.92 Å². The van der Waals surface area contributed by atoms with E-state index in [0.717, 1.165) is 25.0 Å². The summed E-state index contributed by atoms with van der Waals surface area (Å²) in [5.41, 5.74) is -0.417. The first kappa shape index (κ1) is 22.8. The molecule has 1 saturated carbocycles. The standard InChI is InChI=1S/C20H20F3N3O4S/c21-20(22,23)16-3-1-2-4-17(16)31(29,30)25-12-11-24-18(27)13-7-9-15(10-8-13)26-19(28)14-5-6-14/h1-4,7-10,14,25H,5-6,11-12H2,(H,24,27)(H,26,28). The smallest absolute Gasteiger partial charge is 0.351 e. The van der Waals surface area contributed by atoms with Crippen LogP contribution in [0.15, 0.2) is 53.4 Å². The van der Waals surface area contributed by atoms with Gasteiger partial charge in [-0.2, -0.15) is 13.2 Å². The maximum Gasteiger partial charge on any atom is 0.417 e. The monoisotopic (exact) mass is 455 g/mol. The first-order valence-corrected chi connectivity index (χ1v) is 10.9. The molecule has 166 valence electrons. The molecule has 0 heterocycles. The maximum atomic E-state index is 13.0. The Kier molecular flexibility index (Phi) is 6.65. The number of hydrogen-bond acceptors (Lipinski definition) is 4. The molecule has 3 N–H and O–H groups in total. The maximum absolute atomic E-state index is 13.0. The van der Waals surface area contributed by atoms with Crippen molar-refractivity contribution >= 4 is 27.5 Å². The van der Waals surface area contributed by atoms with Gasteiger partial charge < -0.3 is 10.6 Å². The van der Waals surface area contributed by atoms with E-state index in [1.807, 2.05) is 0 Å². The molecule has 0 unspecified atom stereocenters. The number of benzene rings is 2. The zero-order valence-electron chi connectivity index (χ0n) is 16.2. The summed E-state index contributed by atoms with van der Waals surface area (Å²) in [5, 5.41) is 5.22. The molecule has 1 fully saturated rings. The van der Waals surface area contributed by atoms with Gasteiger partial charge in [0.2, 0.25) is 15.9 Å². The van der Waals surface area contributed by atoms with Crippen LogP contribution < -0.4 is 15.4 Å². The van der Waals surface area contributed by atoms with E-state index < -0.39 is 32.6 Å². The number of halogens is 3. The Hall–Kier alpha value is -2.92. The van der Waals surface area contributed by atoms with E-state index in [1.165, 1.54) is 18.2 Å². The summed E-state index contributed by atoms with van der Waals surface area (Å²) in [7, 11) is -4.42. The van der Waals surface area contributed by atoms with Crippen LogP contribution in [0.1, 0.15) is 28.8 Å². The number of anilines is 1. The Balaban J connectivity index is 1.51. The van der Waals surface area contributed by atoms with Gasteiger partial charge in [-0.05, 0) is 49.2 Å². The summed E-state index contributed by atoms with van der Waals surface area (Å²) in [6.07, 6.45) is -3.07. The normalized spacial score (nSPS) is 14.2. The van der Waals surface area contributed by atoms with Crippen LogP contribution in [0.3, 0.4) is 0 Å². The van der Waals surface area contributed by atoms with E-state index in [4.69, 9.17) is 0 Å². The molecule has 0 spiro atoms. The highest BCUT2D eigenvalue weighted by Gasteiger charge is 2.36. The minimum atomic E-state index is -4.82. The van der Waals surface area contributed by atoms with Crippen molar-refractivity contribution in [1.82, 2.24) is 10.0 Å². The zero-order chi connectivity index (χ0) is 22.6.